The third kappa shape index (κ3) is 8.59. The summed E-state index contributed by atoms with van der Waals surface area (Å²) < 4.78 is 0. The van der Waals surface area contributed by atoms with Crippen molar-refractivity contribution in [2.45, 2.75) is 57.4 Å². The zero-order chi connectivity index (χ0) is 19.5. The molecule has 1 aliphatic rings. The molecule has 5 nitrogen and oxygen atoms in total. The van der Waals surface area contributed by atoms with Gasteiger partial charge in [0.1, 0.15) is 0 Å². The van der Waals surface area contributed by atoms with E-state index in [0.29, 0.717) is 18.9 Å². The fourth-order valence-corrected chi connectivity index (χ4v) is 3.94. The smallest absolute Gasteiger partial charge is 0.222 e. The minimum absolute atomic E-state index is 0. The number of carbonyl (C=O) groups excluding carboxylic acids is 1. The van der Waals surface area contributed by atoms with E-state index in [-0.39, 0.29) is 24.0 Å². The predicted octanol–water partition coefficient (Wildman–Crippen LogP) is 4.18. The normalized spacial score (nSPS) is 15.0. The summed E-state index contributed by atoms with van der Waals surface area (Å²) in [5.41, 5.74) is 2.53. The quantitative estimate of drug-likeness (QED) is 0.178. The molecule has 0 spiro atoms. The van der Waals surface area contributed by atoms with Crippen LogP contribution in [0.25, 0.3) is 0 Å². The van der Waals surface area contributed by atoms with E-state index in [1.165, 1.54) is 22.4 Å². The second kappa shape index (κ2) is 14.1. The first kappa shape index (κ1) is 25.1. The van der Waals surface area contributed by atoms with Crippen molar-refractivity contribution in [1.82, 2.24) is 15.5 Å². The van der Waals surface area contributed by atoms with Crippen molar-refractivity contribution < 1.29 is 4.79 Å². The lowest BCUT2D eigenvalue weighted by atomic mass is 10.1. The second-order valence-electron chi connectivity index (χ2n) is 6.98. The fraction of sp³-hybridized carbons (Fsp3) is 0.619. The number of hydrogen-bond donors (Lipinski definition) is 2. The van der Waals surface area contributed by atoms with Crippen molar-refractivity contribution in [3.05, 3.63) is 29.3 Å². The molecule has 0 radical (unpaired) electrons. The van der Waals surface area contributed by atoms with Crippen LogP contribution in [0, 0.1) is 6.92 Å². The molecule has 0 atom stereocenters. The van der Waals surface area contributed by atoms with Crippen LogP contribution in [0.15, 0.2) is 28.1 Å². The standard InChI is InChI=1S/C21H34N4OS.HI/c1-4-22-21(24-16-18-11-10-17(2)15-19(18)27-3)23-12-8-14-25-13-7-5-6-9-20(25)26;/h10-11,15H,4-9,12-14,16H2,1-3H3,(H2,22,23,24);1H. The largest absolute Gasteiger partial charge is 0.357 e. The van der Waals surface area contributed by atoms with Gasteiger partial charge in [-0.05, 0) is 56.6 Å². The van der Waals surface area contributed by atoms with Gasteiger partial charge < -0.3 is 15.5 Å². The maximum absolute atomic E-state index is 12.1. The molecule has 1 aliphatic heterocycles. The highest BCUT2D eigenvalue weighted by molar-refractivity contribution is 14.0. The Hall–Kier alpha value is -0.960. The Bertz CT molecular complexity index is 639. The molecule has 1 heterocycles. The van der Waals surface area contributed by atoms with E-state index in [1.54, 1.807) is 11.8 Å². The molecular weight excluding hydrogens is 483 g/mol. The lowest BCUT2D eigenvalue weighted by Crippen LogP contribution is -2.39. The van der Waals surface area contributed by atoms with Gasteiger partial charge in [0.25, 0.3) is 0 Å². The molecule has 1 fully saturated rings. The number of hydrogen-bond acceptors (Lipinski definition) is 3. The summed E-state index contributed by atoms with van der Waals surface area (Å²) in [5.74, 6) is 1.16. The van der Waals surface area contributed by atoms with Gasteiger partial charge in [-0.3, -0.25) is 4.79 Å². The van der Waals surface area contributed by atoms with Crippen molar-refractivity contribution in [1.29, 1.82) is 0 Å². The van der Waals surface area contributed by atoms with Gasteiger partial charge in [0.05, 0.1) is 6.54 Å². The minimum atomic E-state index is 0. The Morgan fingerprint density at radius 3 is 2.82 bits per heavy atom. The number of aliphatic imine (C=N–C) groups is 1. The summed E-state index contributed by atoms with van der Waals surface area (Å²) >= 11 is 1.77. The van der Waals surface area contributed by atoms with Crippen molar-refractivity contribution >= 4 is 47.6 Å². The number of nitrogens with zero attached hydrogens (tertiary/aromatic N) is 2. The molecule has 7 heteroatoms. The van der Waals surface area contributed by atoms with E-state index < -0.39 is 0 Å². The van der Waals surface area contributed by atoms with Crippen LogP contribution in [0.5, 0.6) is 0 Å². The molecule has 1 saturated heterocycles. The Kier molecular flexibility index (Phi) is 12.6. The molecule has 1 aromatic carbocycles. The molecule has 2 N–H and O–H groups in total. The number of benzene rings is 1. The fourth-order valence-electron chi connectivity index (χ4n) is 3.24. The first-order chi connectivity index (χ1) is 13.1. The third-order valence-electron chi connectivity index (χ3n) is 4.76. The van der Waals surface area contributed by atoms with E-state index in [0.717, 1.165) is 51.4 Å². The van der Waals surface area contributed by atoms with Gasteiger partial charge in [-0.25, -0.2) is 4.99 Å². The van der Waals surface area contributed by atoms with Crippen LogP contribution >= 0.6 is 35.7 Å². The maximum atomic E-state index is 12.1. The van der Waals surface area contributed by atoms with Crippen molar-refractivity contribution in [3.63, 3.8) is 0 Å². The molecule has 0 aliphatic carbocycles. The molecule has 28 heavy (non-hydrogen) atoms. The van der Waals surface area contributed by atoms with Crippen LogP contribution in [0.4, 0.5) is 0 Å². The number of rotatable bonds is 8. The van der Waals surface area contributed by atoms with Gasteiger partial charge >= 0.3 is 0 Å². The van der Waals surface area contributed by atoms with Gasteiger partial charge in [-0.2, -0.15) is 0 Å². The highest BCUT2D eigenvalue weighted by Gasteiger charge is 2.15. The molecule has 158 valence electrons. The van der Waals surface area contributed by atoms with E-state index in [2.05, 4.69) is 48.9 Å². The minimum Gasteiger partial charge on any atom is -0.357 e. The highest BCUT2D eigenvalue weighted by atomic mass is 127. The number of likely N-dealkylation sites (tertiary alicyclic amines) is 1. The lowest BCUT2D eigenvalue weighted by Gasteiger charge is -2.20. The Morgan fingerprint density at radius 2 is 2.07 bits per heavy atom. The molecule has 0 unspecified atom stereocenters. The number of carbonyl (C=O) groups is 1. The van der Waals surface area contributed by atoms with Crippen molar-refractivity contribution in [3.8, 4) is 0 Å². The highest BCUT2D eigenvalue weighted by Crippen LogP contribution is 2.22. The first-order valence-corrected chi connectivity index (χ1v) is 11.3. The summed E-state index contributed by atoms with van der Waals surface area (Å²) in [6, 6.07) is 6.52. The van der Waals surface area contributed by atoms with Gasteiger partial charge in [0.15, 0.2) is 5.96 Å². The molecule has 1 aromatic rings. The van der Waals surface area contributed by atoms with Gasteiger partial charge in [0.2, 0.25) is 5.91 Å². The number of halogens is 1. The zero-order valence-corrected chi connectivity index (χ0v) is 20.6. The Balaban J connectivity index is 0.00000392. The van der Waals surface area contributed by atoms with Gasteiger partial charge in [-0.1, -0.05) is 18.6 Å². The second-order valence-corrected chi connectivity index (χ2v) is 7.83. The molecule has 0 aromatic heterocycles. The molecule has 1 amide bonds. The summed E-state index contributed by atoms with van der Waals surface area (Å²) in [4.78, 5) is 20.1. The van der Waals surface area contributed by atoms with Crippen molar-refractivity contribution in [2.24, 2.45) is 4.99 Å². The number of nitrogens with one attached hydrogen (secondary N) is 2. The van der Waals surface area contributed by atoms with Crippen LogP contribution in [0.1, 0.15) is 50.2 Å². The van der Waals surface area contributed by atoms with E-state index in [4.69, 9.17) is 4.99 Å². The van der Waals surface area contributed by atoms with Gasteiger partial charge in [-0.15, -0.1) is 35.7 Å². The SMILES string of the molecule is CCNC(=NCc1ccc(C)cc1SC)NCCCN1CCCCCC1=O.I. The number of amides is 1. The monoisotopic (exact) mass is 518 g/mol. The average Bonchev–Trinajstić information content (AvgIpc) is 2.87. The van der Waals surface area contributed by atoms with E-state index >= 15 is 0 Å². The number of guanidine groups is 1. The Labute approximate surface area is 191 Å². The first-order valence-electron chi connectivity index (χ1n) is 10.1. The van der Waals surface area contributed by atoms with Crippen LogP contribution in [-0.2, 0) is 11.3 Å². The topological polar surface area (TPSA) is 56.7 Å². The summed E-state index contributed by atoms with van der Waals surface area (Å²) in [6.07, 6.45) is 7.12. The molecular formula is C21H35IN4OS. The number of aryl methyl sites for hydroxylation is 1. The third-order valence-corrected chi connectivity index (χ3v) is 5.58. The molecule has 0 saturated carbocycles. The lowest BCUT2D eigenvalue weighted by molar-refractivity contribution is -0.130. The Morgan fingerprint density at radius 1 is 1.25 bits per heavy atom. The van der Waals surface area contributed by atoms with Crippen LogP contribution in [0.2, 0.25) is 0 Å². The van der Waals surface area contributed by atoms with Gasteiger partial charge in [0, 0.05) is 37.5 Å². The summed E-state index contributed by atoms with van der Waals surface area (Å²) in [7, 11) is 0. The van der Waals surface area contributed by atoms with Crippen LogP contribution in [-0.4, -0.2) is 49.2 Å². The van der Waals surface area contributed by atoms with Crippen molar-refractivity contribution in [2.75, 3.05) is 32.4 Å². The molecule has 2 rings (SSSR count). The van der Waals surface area contributed by atoms with Crippen LogP contribution < -0.4 is 10.6 Å². The maximum Gasteiger partial charge on any atom is 0.222 e. The summed E-state index contributed by atoms with van der Waals surface area (Å²) in [6.45, 7) is 8.26. The van der Waals surface area contributed by atoms with Crippen LogP contribution in [0.3, 0.4) is 0 Å². The molecule has 0 bridgehead atoms. The average molecular weight is 519 g/mol. The zero-order valence-electron chi connectivity index (χ0n) is 17.4. The number of thioether (sulfide) groups is 1. The summed E-state index contributed by atoms with van der Waals surface area (Å²) in [5, 5.41) is 6.71. The predicted molar refractivity (Wildman–Crippen MR) is 131 cm³/mol. The van der Waals surface area contributed by atoms with E-state index in [9.17, 15) is 4.79 Å². The van der Waals surface area contributed by atoms with E-state index in [1.807, 2.05) is 4.90 Å².